The van der Waals surface area contributed by atoms with Gasteiger partial charge >= 0.3 is 0 Å². The smallest absolute Gasteiger partial charge is 0.184 e. The van der Waals surface area contributed by atoms with Crippen LogP contribution in [0.5, 0.6) is 0 Å². The minimum Gasteiger partial charge on any atom is -0.411 e. The maximum atomic E-state index is 12.2. The molecule has 19 heavy (non-hydrogen) atoms. The predicted molar refractivity (Wildman–Crippen MR) is 76.6 cm³/mol. The van der Waals surface area contributed by atoms with Gasteiger partial charge in [-0.2, -0.15) is 0 Å². The molecule has 5 atom stereocenters. The van der Waals surface area contributed by atoms with Gasteiger partial charge in [-0.3, -0.25) is 4.79 Å². The highest BCUT2D eigenvalue weighted by Gasteiger charge is 2.69. The van der Waals surface area contributed by atoms with E-state index in [4.69, 9.17) is 9.16 Å². The summed E-state index contributed by atoms with van der Waals surface area (Å²) in [7, 11) is -1.70. The third kappa shape index (κ3) is 1.79. The zero-order chi connectivity index (χ0) is 14.1. The summed E-state index contributed by atoms with van der Waals surface area (Å²) in [6, 6.07) is 0. The van der Waals surface area contributed by atoms with Crippen molar-refractivity contribution in [3.63, 3.8) is 0 Å². The standard InChI is InChI=1S/C15H26O3Si/c1-10-12-6-7-13(17-12)14(2)8-11(16)9-15(10,14)18-19(3,4)5/h10,12-13H,6-9H2,1-5H3/t10-,12+,13-,14-,15-/m1/s1. The molecule has 3 aliphatic rings. The largest absolute Gasteiger partial charge is 0.411 e. The molecule has 0 radical (unpaired) electrons. The first-order valence-electron chi connectivity index (χ1n) is 7.55. The van der Waals surface area contributed by atoms with Crippen molar-refractivity contribution in [2.75, 3.05) is 0 Å². The Morgan fingerprint density at radius 2 is 1.95 bits per heavy atom. The molecule has 0 N–H and O–H groups in total. The number of Topliss-reactive ketones (excluding diaryl/α,β-unsaturated/α-hetero) is 1. The maximum absolute atomic E-state index is 12.2. The first-order valence-corrected chi connectivity index (χ1v) is 11.0. The zero-order valence-electron chi connectivity index (χ0n) is 12.8. The molecular weight excluding hydrogens is 256 g/mol. The van der Waals surface area contributed by atoms with Crippen LogP contribution in [0.3, 0.4) is 0 Å². The van der Waals surface area contributed by atoms with Gasteiger partial charge in [-0.05, 0) is 32.5 Å². The second-order valence-corrected chi connectivity index (χ2v) is 12.4. The Labute approximate surface area is 117 Å². The molecule has 0 aromatic carbocycles. The highest BCUT2D eigenvalue weighted by atomic mass is 28.4. The van der Waals surface area contributed by atoms with Gasteiger partial charge in [-0.25, -0.2) is 0 Å². The molecule has 0 amide bonds. The summed E-state index contributed by atoms with van der Waals surface area (Å²) in [5.74, 6) is 0.693. The van der Waals surface area contributed by atoms with E-state index in [2.05, 4.69) is 33.5 Å². The monoisotopic (exact) mass is 282 g/mol. The first kappa shape index (κ1) is 13.8. The molecule has 0 aromatic heterocycles. The number of carbonyl (C=O) groups excluding carboxylic acids is 1. The van der Waals surface area contributed by atoms with Crippen LogP contribution < -0.4 is 0 Å². The average molecular weight is 282 g/mol. The Kier molecular flexibility index (Phi) is 2.84. The van der Waals surface area contributed by atoms with Crippen LogP contribution in [0, 0.1) is 11.3 Å². The van der Waals surface area contributed by atoms with E-state index in [0.29, 0.717) is 30.6 Å². The minimum atomic E-state index is -1.70. The van der Waals surface area contributed by atoms with E-state index in [1.807, 2.05) is 0 Å². The van der Waals surface area contributed by atoms with Gasteiger partial charge in [0.1, 0.15) is 5.78 Å². The highest BCUT2D eigenvalue weighted by molar-refractivity contribution is 6.69. The van der Waals surface area contributed by atoms with Crippen molar-refractivity contribution in [1.29, 1.82) is 0 Å². The number of ether oxygens (including phenoxy) is 1. The Bertz CT molecular complexity index is 416. The first-order chi connectivity index (χ1) is 8.68. The van der Waals surface area contributed by atoms with Crippen LogP contribution in [0.2, 0.25) is 19.6 Å². The summed E-state index contributed by atoms with van der Waals surface area (Å²) in [5, 5.41) is 0. The van der Waals surface area contributed by atoms with Crippen LogP contribution in [0.1, 0.15) is 39.5 Å². The van der Waals surface area contributed by atoms with Gasteiger partial charge in [0, 0.05) is 24.2 Å². The van der Waals surface area contributed by atoms with E-state index >= 15 is 0 Å². The van der Waals surface area contributed by atoms with Gasteiger partial charge in [-0.1, -0.05) is 13.8 Å². The number of hydrogen-bond acceptors (Lipinski definition) is 3. The second-order valence-electron chi connectivity index (χ2n) is 7.94. The Morgan fingerprint density at radius 3 is 2.58 bits per heavy atom. The summed E-state index contributed by atoms with van der Waals surface area (Å²) < 4.78 is 12.9. The van der Waals surface area contributed by atoms with Crippen molar-refractivity contribution in [2.24, 2.45) is 11.3 Å². The topological polar surface area (TPSA) is 35.5 Å². The van der Waals surface area contributed by atoms with E-state index in [1.54, 1.807) is 0 Å². The molecule has 1 aliphatic carbocycles. The van der Waals surface area contributed by atoms with Gasteiger partial charge in [0.25, 0.3) is 0 Å². The fourth-order valence-corrected chi connectivity index (χ4v) is 6.36. The third-order valence-electron chi connectivity index (χ3n) is 5.54. The molecule has 0 aromatic rings. The lowest BCUT2D eigenvalue weighted by molar-refractivity contribution is -0.214. The fraction of sp³-hybridized carbons (Fsp3) is 0.933. The van der Waals surface area contributed by atoms with Crippen molar-refractivity contribution < 1.29 is 14.0 Å². The summed E-state index contributed by atoms with van der Waals surface area (Å²) in [6.45, 7) is 11.2. The van der Waals surface area contributed by atoms with E-state index < -0.39 is 8.32 Å². The summed E-state index contributed by atoms with van der Waals surface area (Å²) in [6.07, 6.45) is 3.98. The average Bonchev–Trinajstić information content (AvgIpc) is 2.78. The van der Waals surface area contributed by atoms with Crippen molar-refractivity contribution in [3.05, 3.63) is 0 Å². The Hall–Kier alpha value is -0.193. The maximum Gasteiger partial charge on any atom is 0.184 e. The quantitative estimate of drug-likeness (QED) is 0.730. The lowest BCUT2D eigenvalue weighted by Gasteiger charge is -2.56. The molecule has 2 heterocycles. The van der Waals surface area contributed by atoms with Crippen LogP contribution in [0.4, 0.5) is 0 Å². The van der Waals surface area contributed by atoms with Crippen LogP contribution in [0.15, 0.2) is 0 Å². The van der Waals surface area contributed by atoms with Crippen molar-refractivity contribution in [1.82, 2.24) is 0 Å². The molecule has 3 nitrogen and oxygen atoms in total. The molecule has 3 fully saturated rings. The van der Waals surface area contributed by atoms with Gasteiger partial charge in [0.2, 0.25) is 0 Å². The number of fused-ring (bicyclic) bond motifs is 4. The molecule has 4 heteroatoms. The van der Waals surface area contributed by atoms with Gasteiger partial charge < -0.3 is 9.16 Å². The van der Waals surface area contributed by atoms with E-state index in [-0.39, 0.29) is 17.1 Å². The van der Waals surface area contributed by atoms with E-state index in [1.165, 1.54) is 0 Å². The third-order valence-corrected chi connectivity index (χ3v) is 6.51. The molecule has 108 valence electrons. The molecular formula is C15H26O3Si. The molecule has 1 saturated carbocycles. The fourth-order valence-electron chi connectivity index (χ4n) is 4.78. The Balaban J connectivity index is 2.07. The van der Waals surface area contributed by atoms with Crippen LogP contribution in [0.25, 0.3) is 0 Å². The summed E-state index contributed by atoms with van der Waals surface area (Å²) >= 11 is 0. The lowest BCUT2D eigenvalue weighted by atomic mass is 9.65. The number of rotatable bonds is 2. The normalized spacial score (nSPS) is 49.5. The lowest BCUT2D eigenvalue weighted by Crippen LogP contribution is -2.63. The number of carbonyl (C=O) groups is 1. The molecule has 0 spiro atoms. The van der Waals surface area contributed by atoms with Crippen molar-refractivity contribution in [2.45, 2.75) is 77.0 Å². The van der Waals surface area contributed by atoms with Crippen molar-refractivity contribution in [3.8, 4) is 0 Å². The predicted octanol–water partition coefficient (Wildman–Crippen LogP) is 3.14. The minimum absolute atomic E-state index is 0.114. The molecule has 0 unspecified atom stereocenters. The van der Waals surface area contributed by atoms with E-state index in [9.17, 15) is 4.79 Å². The van der Waals surface area contributed by atoms with Gasteiger partial charge in [0.05, 0.1) is 17.8 Å². The molecule has 3 rings (SSSR count). The van der Waals surface area contributed by atoms with Gasteiger partial charge in [0.15, 0.2) is 8.32 Å². The van der Waals surface area contributed by atoms with Crippen LogP contribution >= 0.6 is 0 Å². The van der Waals surface area contributed by atoms with Crippen molar-refractivity contribution >= 4 is 14.1 Å². The summed E-state index contributed by atoms with van der Waals surface area (Å²) in [4.78, 5) is 12.2. The Morgan fingerprint density at radius 1 is 1.26 bits per heavy atom. The van der Waals surface area contributed by atoms with Crippen LogP contribution in [-0.2, 0) is 14.0 Å². The molecule has 2 saturated heterocycles. The van der Waals surface area contributed by atoms with Gasteiger partial charge in [-0.15, -0.1) is 0 Å². The zero-order valence-corrected chi connectivity index (χ0v) is 13.8. The summed E-state index contributed by atoms with van der Waals surface area (Å²) in [5.41, 5.74) is -0.380. The molecule has 2 aliphatic heterocycles. The van der Waals surface area contributed by atoms with Crippen LogP contribution in [-0.4, -0.2) is 31.9 Å². The number of ketones is 1. The second kappa shape index (κ2) is 3.92. The SMILES string of the molecule is C[C@@H]1[C@@H]2CC[C@@H](O2)[C@@]2(C)CC(=O)C[C@@]12O[Si](C)(C)C. The number of hydrogen-bond donors (Lipinski definition) is 0. The van der Waals surface area contributed by atoms with E-state index in [0.717, 1.165) is 12.8 Å². The molecule has 2 bridgehead atoms. The highest BCUT2D eigenvalue weighted by Crippen LogP contribution is 2.62.